The Hall–Kier alpha value is -1.85. The van der Waals surface area contributed by atoms with Crippen molar-refractivity contribution < 1.29 is 19.2 Å². The molecule has 116 valence electrons. The minimum atomic E-state index is -0.818. The first kappa shape index (κ1) is 15.5. The number of piperidine rings is 1. The maximum Gasteiger partial charge on any atom is 0.311 e. The summed E-state index contributed by atoms with van der Waals surface area (Å²) in [6.45, 7) is 6.25. The highest BCUT2D eigenvalue weighted by Crippen LogP contribution is 2.36. The summed E-state index contributed by atoms with van der Waals surface area (Å²) in [5.41, 5.74) is 0.203. The zero-order chi connectivity index (χ0) is 15.6. The van der Waals surface area contributed by atoms with Crippen LogP contribution in [0.2, 0.25) is 0 Å². The van der Waals surface area contributed by atoms with Crippen LogP contribution < -0.4 is 0 Å². The number of carboxylic acids is 1. The van der Waals surface area contributed by atoms with Crippen LogP contribution in [0, 0.1) is 19.3 Å². The third kappa shape index (κ3) is 2.80. The SMILES string of the molecule is CCC[C@@]1(C(=O)O)CCCN(C(=O)c2c(C)noc2C)C1. The molecule has 6 nitrogen and oxygen atoms in total. The topological polar surface area (TPSA) is 83.6 Å². The number of carbonyl (C=O) groups excluding carboxylic acids is 1. The Bertz CT molecular complexity index is 528. The van der Waals surface area contributed by atoms with E-state index in [2.05, 4.69) is 5.16 Å². The second-order valence-electron chi connectivity index (χ2n) is 5.86. The van der Waals surface area contributed by atoms with Gasteiger partial charge in [-0.25, -0.2) is 0 Å². The molecule has 21 heavy (non-hydrogen) atoms. The second-order valence-corrected chi connectivity index (χ2v) is 5.86. The number of rotatable bonds is 4. The van der Waals surface area contributed by atoms with Crippen LogP contribution in [0.3, 0.4) is 0 Å². The zero-order valence-corrected chi connectivity index (χ0v) is 12.8. The van der Waals surface area contributed by atoms with Gasteiger partial charge in [0.05, 0.1) is 11.1 Å². The van der Waals surface area contributed by atoms with Crippen molar-refractivity contribution in [2.24, 2.45) is 5.41 Å². The van der Waals surface area contributed by atoms with Crippen LogP contribution in [-0.4, -0.2) is 40.1 Å². The molecule has 0 bridgehead atoms. The Balaban J connectivity index is 2.25. The molecular formula is C15H22N2O4. The summed E-state index contributed by atoms with van der Waals surface area (Å²) in [7, 11) is 0. The number of aromatic nitrogens is 1. The summed E-state index contributed by atoms with van der Waals surface area (Å²) in [4.78, 5) is 26.0. The Labute approximate surface area is 124 Å². The predicted octanol–water partition coefficient (Wildman–Crippen LogP) is 2.40. The second kappa shape index (κ2) is 5.87. The van der Waals surface area contributed by atoms with Gasteiger partial charge in [0.2, 0.25) is 0 Å². The molecule has 1 fully saturated rings. The lowest BCUT2D eigenvalue weighted by Crippen LogP contribution is -2.50. The van der Waals surface area contributed by atoms with Crippen LogP contribution in [0.25, 0.3) is 0 Å². The minimum Gasteiger partial charge on any atom is -0.481 e. The molecule has 1 aromatic heterocycles. The average molecular weight is 294 g/mol. The predicted molar refractivity (Wildman–Crippen MR) is 76.1 cm³/mol. The van der Waals surface area contributed by atoms with Crippen LogP contribution in [-0.2, 0) is 4.79 Å². The molecule has 1 aliphatic heterocycles. The van der Waals surface area contributed by atoms with Gasteiger partial charge in [-0.05, 0) is 33.1 Å². The monoisotopic (exact) mass is 294 g/mol. The van der Waals surface area contributed by atoms with Gasteiger partial charge < -0.3 is 14.5 Å². The number of aryl methyl sites for hydroxylation is 2. The first-order valence-electron chi connectivity index (χ1n) is 7.37. The first-order valence-corrected chi connectivity index (χ1v) is 7.37. The standard InChI is InChI=1S/C15H22N2O4/c1-4-6-15(14(19)20)7-5-8-17(9-15)13(18)12-10(2)16-21-11(12)3/h4-9H2,1-3H3,(H,19,20)/t15-/m1/s1. The number of hydrogen-bond donors (Lipinski definition) is 1. The van der Waals surface area contributed by atoms with Crippen LogP contribution in [0.1, 0.15) is 54.4 Å². The molecule has 1 atom stereocenters. The quantitative estimate of drug-likeness (QED) is 0.921. The molecule has 6 heteroatoms. The molecule has 0 aliphatic carbocycles. The van der Waals surface area contributed by atoms with Gasteiger partial charge in [0.25, 0.3) is 5.91 Å². The Morgan fingerprint density at radius 2 is 2.14 bits per heavy atom. The maximum atomic E-state index is 12.7. The lowest BCUT2D eigenvalue weighted by Gasteiger charge is -2.39. The van der Waals surface area contributed by atoms with Gasteiger partial charge in [-0.1, -0.05) is 18.5 Å². The van der Waals surface area contributed by atoms with E-state index < -0.39 is 11.4 Å². The number of carbonyl (C=O) groups is 2. The molecule has 0 aromatic carbocycles. The molecule has 1 aromatic rings. The van der Waals surface area contributed by atoms with E-state index in [4.69, 9.17) is 4.52 Å². The number of amides is 1. The van der Waals surface area contributed by atoms with Crippen LogP contribution in [0.15, 0.2) is 4.52 Å². The van der Waals surface area contributed by atoms with Crippen LogP contribution >= 0.6 is 0 Å². The molecule has 1 saturated heterocycles. The maximum absolute atomic E-state index is 12.7. The van der Waals surface area contributed by atoms with Gasteiger partial charge in [0, 0.05) is 13.1 Å². The molecule has 0 radical (unpaired) electrons. The fraction of sp³-hybridized carbons (Fsp3) is 0.667. The van der Waals surface area contributed by atoms with Crippen LogP contribution in [0.5, 0.6) is 0 Å². The molecule has 1 amide bonds. The van der Waals surface area contributed by atoms with Crippen molar-refractivity contribution in [3.8, 4) is 0 Å². The first-order chi connectivity index (χ1) is 9.91. The summed E-state index contributed by atoms with van der Waals surface area (Å²) in [5, 5.41) is 13.4. The lowest BCUT2D eigenvalue weighted by molar-refractivity contribution is -0.152. The molecule has 1 N–H and O–H groups in total. The molecule has 0 saturated carbocycles. The molecule has 0 spiro atoms. The smallest absolute Gasteiger partial charge is 0.311 e. The Morgan fingerprint density at radius 3 is 2.67 bits per heavy atom. The number of hydrogen-bond acceptors (Lipinski definition) is 4. The number of carboxylic acid groups (broad SMARTS) is 1. The fourth-order valence-electron chi connectivity index (χ4n) is 3.22. The fourth-order valence-corrected chi connectivity index (χ4v) is 3.22. The van der Waals surface area contributed by atoms with Gasteiger partial charge in [-0.15, -0.1) is 0 Å². The van der Waals surface area contributed by atoms with Gasteiger partial charge in [-0.2, -0.15) is 0 Å². The summed E-state index contributed by atoms with van der Waals surface area (Å²) in [6, 6.07) is 0. The highest BCUT2D eigenvalue weighted by molar-refractivity contribution is 5.96. The Morgan fingerprint density at radius 1 is 1.43 bits per heavy atom. The van der Waals surface area contributed by atoms with Crippen molar-refractivity contribution in [3.05, 3.63) is 17.0 Å². The minimum absolute atomic E-state index is 0.173. The van der Waals surface area contributed by atoms with Gasteiger partial charge in [0.1, 0.15) is 11.3 Å². The van der Waals surface area contributed by atoms with E-state index in [-0.39, 0.29) is 12.5 Å². The van der Waals surface area contributed by atoms with E-state index in [1.54, 1.807) is 18.7 Å². The van der Waals surface area contributed by atoms with Gasteiger partial charge in [0.15, 0.2) is 0 Å². The summed E-state index contributed by atoms with van der Waals surface area (Å²) in [5.74, 6) is -0.493. The van der Waals surface area contributed by atoms with Crippen molar-refractivity contribution in [2.75, 3.05) is 13.1 Å². The molecule has 0 unspecified atom stereocenters. The van der Waals surface area contributed by atoms with Crippen molar-refractivity contribution in [1.29, 1.82) is 0 Å². The summed E-state index contributed by atoms with van der Waals surface area (Å²) < 4.78 is 5.04. The summed E-state index contributed by atoms with van der Waals surface area (Å²) >= 11 is 0. The van der Waals surface area contributed by atoms with E-state index in [1.807, 2.05) is 6.92 Å². The lowest BCUT2D eigenvalue weighted by atomic mass is 9.76. The Kier molecular flexibility index (Phi) is 4.34. The van der Waals surface area contributed by atoms with Crippen molar-refractivity contribution >= 4 is 11.9 Å². The normalized spacial score (nSPS) is 22.3. The van der Waals surface area contributed by atoms with E-state index >= 15 is 0 Å². The van der Waals surface area contributed by atoms with Crippen molar-refractivity contribution in [3.63, 3.8) is 0 Å². The number of likely N-dealkylation sites (tertiary alicyclic amines) is 1. The molecule has 1 aliphatic rings. The van der Waals surface area contributed by atoms with E-state index in [0.717, 1.165) is 6.42 Å². The third-order valence-corrected chi connectivity index (χ3v) is 4.29. The zero-order valence-electron chi connectivity index (χ0n) is 12.8. The number of aliphatic carboxylic acids is 1. The number of nitrogens with zero attached hydrogens (tertiary/aromatic N) is 2. The van der Waals surface area contributed by atoms with Crippen LogP contribution in [0.4, 0.5) is 0 Å². The largest absolute Gasteiger partial charge is 0.481 e. The third-order valence-electron chi connectivity index (χ3n) is 4.29. The van der Waals surface area contributed by atoms with E-state index in [9.17, 15) is 14.7 Å². The van der Waals surface area contributed by atoms with Crippen molar-refractivity contribution in [1.82, 2.24) is 10.1 Å². The van der Waals surface area contributed by atoms with E-state index in [0.29, 0.717) is 42.8 Å². The van der Waals surface area contributed by atoms with Crippen molar-refractivity contribution in [2.45, 2.75) is 46.5 Å². The molecular weight excluding hydrogens is 272 g/mol. The summed E-state index contributed by atoms with van der Waals surface area (Å²) in [6.07, 6.45) is 2.72. The average Bonchev–Trinajstić information content (AvgIpc) is 2.78. The highest BCUT2D eigenvalue weighted by Gasteiger charge is 2.43. The molecule has 2 heterocycles. The molecule has 2 rings (SSSR count). The van der Waals surface area contributed by atoms with E-state index in [1.165, 1.54) is 0 Å². The highest BCUT2D eigenvalue weighted by atomic mass is 16.5. The van der Waals surface area contributed by atoms with Gasteiger partial charge in [-0.3, -0.25) is 9.59 Å². The van der Waals surface area contributed by atoms with Gasteiger partial charge >= 0.3 is 5.97 Å².